The Morgan fingerprint density at radius 3 is 2.38 bits per heavy atom. The van der Waals surface area contributed by atoms with Gasteiger partial charge in [-0.25, -0.2) is 0 Å². The van der Waals surface area contributed by atoms with Crippen LogP contribution < -0.4 is 15.4 Å². The van der Waals surface area contributed by atoms with E-state index < -0.39 is 0 Å². The first-order valence-corrected chi connectivity index (χ1v) is 11.4. The summed E-state index contributed by atoms with van der Waals surface area (Å²) in [5.74, 6) is 0.954. The summed E-state index contributed by atoms with van der Waals surface area (Å²) in [4.78, 5) is 13.7. The molecule has 0 saturated heterocycles. The van der Waals surface area contributed by atoms with Gasteiger partial charge in [0, 0.05) is 28.3 Å². The van der Waals surface area contributed by atoms with E-state index in [2.05, 4.69) is 10.6 Å². The predicted octanol–water partition coefficient (Wildman–Crippen LogP) is 6.72. The smallest absolute Gasteiger partial charge is 0.163 e. The molecule has 5 rings (SSSR count). The Hall–Kier alpha value is -3.24. The van der Waals surface area contributed by atoms with Crippen LogP contribution in [0.2, 0.25) is 5.02 Å². The van der Waals surface area contributed by atoms with Crippen LogP contribution in [-0.2, 0) is 4.79 Å². The van der Waals surface area contributed by atoms with Crippen molar-refractivity contribution in [2.24, 2.45) is 0 Å². The number of para-hydroxylation sites is 3. The predicted molar refractivity (Wildman–Crippen MR) is 129 cm³/mol. The number of ketones is 1. The molecule has 0 unspecified atom stereocenters. The minimum Gasteiger partial charge on any atom is -0.494 e. The van der Waals surface area contributed by atoms with Crippen molar-refractivity contribution >= 4 is 28.8 Å². The molecule has 0 spiro atoms. The maximum absolute atomic E-state index is 13.7. The Morgan fingerprint density at radius 1 is 0.906 bits per heavy atom. The van der Waals surface area contributed by atoms with Crippen LogP contribution in [0, 0.1) is 0 Å². The minimum atomic E-state index is -0.302. The van der Waals surface area contributed by atoms with Crippen LogP contribution in [-0.4, -0.2) is 12.4 Å². The van der Waals surface area contributed by atoms with E-state index in [0.29, 0.717) is 24.5 Å². The molecule has 4 nitrogen and oxygen atoms in total. The number of carbonyl (C=O) groups is 1. The topological polar surface area (TPSA) is 50.4 Å². The van der Waals surface area contributed by atoms with Crippen LogP contribution in [0.25, 0.3) is 0 Å². The molecule has 0 fully saturated rings. The van der Waals surface area contributed by atoms with Crippen molar-refractivity contribution in [2.45, 2.75) is 31.7 Å². The summed E-state index contributed by atoms with van der Waals surface area (Å²) in [5.41, 5.74) is 5.62. The van der Waals surface area contributed by atoms with Crippen LogP contribution in [0.5, 0.6) is 5.75 Å². The summed E-state index contributed by atoms with van der Waals surface area (Å²) in [5, 5.41) is 7.91. The number of carbonyl (C=O) groups excluding carboxylic acids is 1. The molecule has 0 bridgehead atoms. The fourth-order valence-corrected chi connectivity index (χ4v) is 5.05. The number of rotatable bonds is 4. The SMILES string of the molecule is CCOc1ccccc1[C@H]1Nc2ccccc2NC2=C1C(=O)C[C@@H](c1ccccc1Cl)C2. The lowest BCUT2D eigenvalue weighted by molar-refractivity contribution is -0.116. The van der Waals surface area contributed by atoms with Crippen LogP contribution in [0.4, 0.5) is 11.4 Å². The lowest BCUT2D eigenvalue weighted by atomic mass is 9.78. The molecular weight excluding hydrogens is 420 g/mol. The molecule has 2 atom stereocenters. The van der Waals surface area contributed by atoms with Gasteiger partial charge in [-0.2, -0.15) is 0 Å². The molecule has 0 radical (unpaired) electrons. The monoisotopic (exact) mass is 444 g/mol. The quantitative estimate of drug-likeness (QED) is 0.469. The number of Topliss-reactive ketones (excluding diaryl/α,β-unsaturated/α-hetero) is 1. The highest BCUT2D eigenvalue weighted by molar-refractivity contribution is 6.31. The first-order valence-electron chi connectivity index (χ1n) is 11.0. The third-order valence-corrected chi connectivity index (χ3v) is 6.53. The third kappa shape index (κ3) is 3.76. The molecule has 2 N–H and O–H groups in total. The Kier molecular flexibility index (Phi) is 5.62. The molecule has 0 amide bonds. The number of allylic oxidation sites excluding steroid dienone is 1. The number of halogens is 1. The molecule has 3 aromatic rings. The number of fused-ring (bicyclic) bond motifs is 1. The summed E-state index contributed by atoms with van der Waals surface area (Å²) in [7, 11) is 0. The maximum atomic E-state index is 13.7. The number of anilines is 2. The summed E-state index contributed by atoms with van der Waals surface area (Å²) >= 11 is 6.50. The van der Waals surface area contributed by atoms with Crippen molar-refractivity contribution in [1.29, 1.82) is 0 Å². The Labute approximate surface area is 193 Å². The number of hydrogen-bond donors (Lipinski definition) is 2. The standard InChI is InChI=1S/C27H25ClN2O2/c1-2-32-25-14-8-4-10-19(25)27-26-23(29-21-12-6-7-13-22(21)30-27)15-17(16-24(26)31)18-9-3-5-11-20(18)28/h3-14,17,27,29-30H,2,15-16H2,1H3/t17-,27+/m0/s1. The Bertz CT molecular complexity index is 1200. The zero-order valence-electron chi connectivity index (χ0n) is 17.9. The van der Waals surface area contributed by atoms with Gasteiger partial charge >= 0.3 is 0 Å². The molecule has 5 heteroatoms. The molecule has 1 aliphatic carbocycles. The van der Waals surface area contributed by atoms with E-state index in [4.69, 9.17) is 16.3 Å². The molecule has 32 heavy (non-hydrogen) atoms. The van der Waals surface area contributed by atoms with Crippen molar-refractivity contribution < 1.29 is 9.53 Å². The lowest BCUT2D eigenvalue weighted by Gasteiger charge is -2.30. The summed E-state index contributed by atoms with van der Waals surface area (Å²) < 4.78 is 5.93. The largest absolute Gasteiger partial charge is 0.494 e. The van der Waals surface area contributed by atoms with Crippen molar-refractivity contribution in [2.75, 3.05) is 17.2 Å². The van der Waals surface area contributed by atoms with E-state index in [0.717, 1.165) is 39.5 Å². The van der Waals surface area contributed by atoms with E-state index >= 15 is 0 Å². The van der Waals surface area contributed by atoms with Crippen molar-refractivity contribution in [1.82, 2.24) is 0 Å². The average molecular weight is 445 g/mol. The molecule has 2 aliphatic rings. The number of nitrogens with one attached hydrogen (secondary N) is 2. The zero-order valence-corrected chi connectivity index (χ0v) is 18.7. The number of ether oxygens (including phenoxy) is 1. The van der Waals surface area contributed by atoms with E-state index in [9.17, 15) is 4.79 Å². The molecule has 0 aromatic heterocycles. The van der Waals surface area contributed by atoms with Crippen LogP contribution >= 0.6 is 11.6 Å². The van der Waals surface area contributed by atoms with Crippen molar-refractivity contribution in [3.05, 3.63) is 100 Å². The molecule has 1 aliphatic heterocycles. The third-order valence-electron chi connectivity index (χ3n) is 6.18. The highest BCUT2D eigenvalue weighted by Gasteiger charge is 2.37. The molecule has 0 saturated carbocycles. The van der Waals surface area contributed by atoms with Gasteiger partial charge in [0.15, 0.2) is 5.78 Å². The number of hydrogen-bond acceptors (Lipinski definition) is 4. The van der Waals surface area contributed by atoms with Crippen molar-refractivity contribution in [3.8, 4) is 5.75 Å². The second kappa shape index (κ2) is 8.71. The average Bonchev–Trinajstić information content (AvgIpc) is 2.97. The minimum absolute atomic E-state index is 0.0375. The Balaban J connectivity index is 1.64. The van der Waals surface area contributed by atoms with Gasteiger partial charge in [0.25, 0.3) is 0 Å². The lowest BCUT2D eigenvalue weighted by Crippen LogP contribution is -2.27. The van der Waals surface area contributed by atoms with Gasteiger partial charge in [-0.05, 0) is 49.1 Å². The summed E-state index contributed by atoms with van der Waals surface area (Å²) in [6, 6.07) is 23.5. The van der Waals surface area contributed by atoms with E-state index in [1.165, 1.54) is 0 Å². The fourth-order valence-electron chi connectivity index (χ4n) is 4.76. The second-order valence-electron chi connectivity index (χ2n) is 8.16. The summed E-state index contributed by atoms with van der Waals surface area (Å²) in [6.07, 6.45) is 1.14. The summed E-state index contributed by atoms with van der Waals surface area (Å²) in [6.45, 7) is 2.53. The van der Waals surface area contributed by atoms with Crippen LogP contribution in [0.1, 0.15) is 42.9 Å². The van der Waals surface area contributed by atoms with Gasteiger partial charge in [0.05, 0.1) is 24.0 Å². The highest BCUT2D eigenvalue weighted by Crippen LogP contribution is 2.46. The van der Waals surface area contributed by atoms with E-state index in [1.807, 2.05) is 79.7 Å². The van der Waals surface area contributed by atoms with Crippen LogP contribution in [0.3, 0.4) is 0 Å². The van der Waals surface area contributed by atoms with Gasteiger partial charge in [-0.15, -0.1) is 0 Å². The molecule has 162 valence electrons. The van der Waals surface area contributed by atoms with Gasteiger partial charge < -0.3 is 15.4 Å². The van der Waals surface area contributed by atoms with Gasteiger partial charge in [0.1, 0.15) is 5.75 Å². The fraction of sp³-hybridized carbons (Fsp3) is 0.222. The highest BCUT2D eigenvalue weighted by atomic mass is 35.5. The zero-order chi connectivity index (χ0) is 22.1. The first kappa shape index (κ1) is 20.7. The van der Waals surface area contributed by atoms with Crippen LogP contribution in [0.15, 0.2) is 84.1 Å². The van der Waals surface area contributed by atoms with E-state index in [-0.39, 0.29) is 17.7 Å². The normalized spacial score (nSPS) is 19.9. The Morgan fingerprint density at radius 2 is 1.59 bits per heavy atom. The second-order valence-corrected chi connectivity index (χ2v) is 8.57. The van der Waals surface area contributed by atoms with Gasteiger partial charge in [0.2, 0.25) is 0 Å². The number of benzene rings is 3. The van der Waals surface area contributed by atoms with Gasteiger partial charge in [-0.3, -0.25) is 4.79 Å². The molecule has 1 heterocycles. The molecule has 3 aromatic carbocycles. The first-order chi connectivity index (χ1) is 15.7. The maximum Gasteiger partial charge on any atom is 0.163 e. The van der Waals surface area contributed by atoms with E-state index in [1.54, 1.807) is 0 Å². The van der Waals surface area contributed by atoms with Crippen molar-refractivity contribution in [3.63, 3.8) is 0 Å². The molecular formula is C27H25ClN2O2. The van der Waals surface area contributed by atoms with Gasteiger partial charge in [-0.1, -0.05) is 60.1 Å².